The Morgan fingerprint density at radius 1 is 1.30 bits per heavy atom. The molecule has 2 saturated heterocycles. The van der Waals surface area contributed by atoms with Crippen LogP contribution < -0.4 is 0 Å². The van der Waals surface area contributed by atoms with Crippen molar-refractivity contribution in [2.75, 3.05) is 32.7 Å². The SMILES string of the molecule is CC(C)CN1CCC2(CCC(=O)N(CCc3cnc[nH]3)C2)CC1. The first kappa shape index (κ1) is 16.5. The van der Waals surface area contributed by atoms with Gasteiger partial charge in [-0.3, -0.25) is 4.79 Å². The van der Waals surface area contributed by atoms with Crippen molar-refractivity contribution < 1.29 is 4.79 Å². The predicted molar refractivity (Wildman–Crippen MR) is 91.1 cm³/mol. The Morgan fingerprint density at radius 2 is 2.09 bits per heavy atom. The highest BCUT2D eigenvalue weighted by Crippen LogP contribution is 2.40. The zero-order valence-electron chi connectivity index (χ0n) is 14.6. The number of carbonyl (C=O) groups excluding carboxylic acids is 1. The number of carbonyl (C=O) groups is 1. The van der Waals surface area contributed by atoms with E-state index in [-0.39, 0.29) is 0 Å². The largest absolute Gasteiger partial charge is 0.348 e. The molecule has 2 aliphatic heterocycles. The molecule has 0 aliphatic carbocycles. The van der Waals surface area contributed by atoms with Crippen molar-refractivity contribution in [2.45, 2.75) is 46.0 Å². The highest BCUT2D eigenvalue weighted by Gasteiger charge is 2.40. The summed E-state index contributed by atoms with van der Waals surface area (Å²) in [6.07, 6.45) is 8.74. The summed E-state index contributed by atoms with van der Waals surface area (Å²) in [5, 5.41) is 0. The van der Waals surface area contributed by atoms with E-state index in [1.54, 1.807) is 6.33 Å². The number of aromatic nitrogens is 2. The zero-order valence-corrected chi connectivity index (χ0v) is 14.6. The van der Waals surface area contributed by atoms with E-state index in [4.69, 9.17) is 0 Å². The molecule has 3 rings (SSSR count). The molecular formula is C18H30N4O. The van der Waals surface area contributed by atoms with Gasteiger partial charge in [-0.2, -0.15) is 0 Å². The van der Waals surface area contributed by atoms with E-state index in [1.165, 1.54) is 32.5 Å². The summed E-state index contributed by atoms with van der Waals surface area (Å²) in [6.45, 7) is 9.95. The fraction of sp³-hybridized carbons (Fsp3) is 0.778. The van der Waals surface area contributed by atoms with E-state index in [1.807, 2.05) is 6.20 Å². The Balaban J connectivity index is 1.54. The molecule has 23 heavy (non-hydrogen) atoms. The summed E-state index contributed by atoms with van der Waals surface area (Å²) in [4.78, 5) is 24.2. The Hall–Kier alpha value is -1.36. The van der Waals surface area contributed by atoms with Gasteiger partial charge in [0.15, 0.2) is 0 Å². The van der Waals surface area contributed by atoms with Gasteiger partial charge in [0.25, 0.3) is 0 Å². The molecule has 5 nitrogen and oxygen atoms in total. The van der Waals surface area contributed by atoms with Crippen LogP contribution >= 0.6 is 0 Å². The van der Waals surface area contributed by atoms with Gasteiger partial charge in [0.2, 0.25) is 5.91 Å². The van der Waals surface area contributed by atoms with Crippen molar-refractivity contribution in [3.05, 3.63) is 18.2 Å². The fourth-order valence-corrected chi connectivity index (χ4v) is 4.12. The standard InChI is InChI=1S/C18H30N4O/c1-15(2)12-21-9-6-18(7-10-21)5-3-17(23)22(13-18)8-4-16-11-19-14-20-16/h11,14-15H,3-10,12-13H2,1-2H3,(H,19,20). The molecule has 3 heterocycles. The van der Waals surface area contributed by atoms with Crippen LogP contribution in [0, 0.1) is 11.3 Å². The van der Waals surface area contributed by atoms with Crippen molar-refractivity contribution >= 4 is 5.91 Å². The first-order valence-electron chi connectivity index (χ1n) is 9.04. The van der Waals surface area contributed by atoms with Crippen LogP contribution in [0.5, 0.6) is 0 Å². The molecule has 0 aromatic carbocycles. The van der Waals surface area contributed by atoms with E-state index in [2.05, 4.69) is 33.6 Å². The second kappa shape index (κ2) is 7.04. The van der Waals surface area contributed by atoms with Gasteiger partial charge in [-0.15, -0.1) is 0 Å². The lowest BCUT2D eigenvalue weighted by Crippen LogP contribution is -2.52. The first-order chi connectivity index (χ1) is 11.1. The molecule has 128 valence electrons. The number of hydrogen-bond donors (Lipinski definition) is 1. The highest BCUT2D eigenvalue weighted by molar-refractivity contribution is 5.77. The average molecular weight is 318 g/mol. The maximum absolute atomic E-state index is 12.3. The molecule has 5 heteroatoms. The number of hydrogen-bond acceptors (Lipinski definition) is 3. The predicted octanol–water partition coefficient (Wildman–Crippen LogP) is 2.31. The minimum Gasteiger partial charge on any atom is -0.348 e. The number of amides is 1. The van der Waals surface area contributed by atoms with E-state index in [9.17, 15) is 4.79 Å². The third-order valence-electron chi connectivity index (χ3n) is 5.49. The lowest BCUT2D eigenvalue weighted by atomic mass is 9.72. The van der Waals surface area contributed by atoms with Crippen molar-refractivity contribution in [2.24, 2.45) is 11.3 Å². The number of nitrogens with zero attached hydrogens (tertiary/aromatic N) is 3. The second-order valence-electron chi connectivity index (χ2n) is 7.84. The number of H-pyrrole nitrogens is 1. The van der Waals surface area contributed by atoms with Gasteiger partial charge >= 0.3 is 0 Å². The summed E-state index contributed by atoms with van der Waals surface area (Å²) in [5.74, 6) is 1.07. The number of piperidine rings is 2. The molecule has 2 fully saturated rings. The molecule has 1 aromatic heterocycles. The fourth-order valence-electron chi connectivity index (χ4n) is 4.12. The van der Waals surface area contributed by atoms with Crippen LogP contribution in [0.25, 0.3) is 0 Å². The molecule has 2 aliphatic rings. The van der Waals surface area contributed by atoms with Crippen molar-refractivity contribution in [3.63, 3.8) is 0 Å². The maximum atomic E-state index is 12.3. The Morgan fingerprint density at radius 3 is 2.74 bits per heavy atom. The number of imidazole rings is 1. The normalized spacial score (nSPS) is 22.2. The summed E-state index contributed by atoms with van der Waals surface area (Å²) < 4.78 is 0. The van der Waals surface area contributed by atoms with Gasteiger partial charge in [0, 0.05) is 44.4 Å². The van der Waals surface area contributed by atoms with Crippen LogP contribution in [0.1, 0.15) is 45.2 Å². The maximum Gasteiger partial charge on any atom is 0.222 e. The lowest BCUT2D eigenvalue weighted by molar-refractivity contribution is -0.139. The number of rotatable bonds is 5. The molecule has 0 saturated carbocycles. The van der Waals surface area contributed by atoms with Crippen molar-refractivity contribution in [1.29, 1.82) is 0 Å². The molecule has 0 bridgehead atoms. The molecule has 1 spiro atoms. The monoisotopic (exact) mass is 318 g/mol. The topological polar surface area (TPSA) is 52.2 Å². The minimum absolute atomic E-state index is 0.333. The van der Waals surface area contributed by atoms with E-state index < -0.39 is 0 Å². The van der Waals surface area contributed by atoms with Crippen LogP contribution in [-0.4, -0.2) is 58.4 Å². The molecule has 0 unspecified atom stereocenters. The van der Waals surface area contributed by atoms with Gasteiger partial charge in [0.05, 0.1) is 6.33 Å². The highest BCUT2D eigenvalue weighted by atomic mass is 16.2. The molecular weight excluding hydrogens is 288 g/mol. The molecule has 0 radical (unpaired) electrons. The van der Waals surface area contributed by atoms with Crippen molar-refractivity contribution in [1.82, 2.24) is 19.8 Å². The van der Waals surface area contributed by atoms with Crippen LogP contribution in [-0.2, 0) is 11.2 Å². The summed E-state index contributed by atoms with van der Waals surface area (Å²) in [5.41, 5.74) is 1.49. The van der Waals surface area contributed by atoms with Crippen molar-refractivity contribution in [3.8, 4) is 0 Å². The summed E-state index contributed by atoms with van der Waals surface area (Å²) in [6, 6.07) is 0. The number of aromatic amines is 1. The van der Waals surface area contributed by atoms with Gasteiger partial charge in [0.1, 0.15) is 0 Å². The van der Waals surface area contributed by atoms with Crippen LogP contribution in [0.3, 0.4) is 0 Å². The zero-order chi connectivity index (χ0) is 16.3. The summed E-state index contributed by atoms with van der Waals surface area (Å²) in [7, 11) is 0. The third-order valence-corrected chi connectivity index (χ3v) is 5.49. The van der Waals surface area contributed by atoms with Gasteiger partial charge in [-0.25, -0.2) is 4.98 Å². The molecule has 1 aromatic rings. The Kier molecular flexibility index (Phi) is 5.05. The molecule has 1 N–H and O–H groups in total. The van der Waals surface area contributed by atoms with E-state index in [0.29, 0.717) is 11.3 Å². The van der Waals surface area contributed by atoms with Gasteiger partial charge in [-0.1, -0.05) is 13.8 Å². The van der Waals surface area contributed by atoms with Crippen LogP contribution in [0.15, 0.2) is 12.5 Å². The number of nitrogens with one attached hydrogen (secondary N) is 1. The van der Waals surface area contributed by atoms with Gasteiger partial charge in [-0.05, 0) is 43.7 Å². The Bertz CT molecular complexity index is 503. The van der Waals surface area contributed by atoms with Gasteiger partial charge < -0.3 is 14.8 Å². The summed E-state index contributed by atoms with van der Waals surface area (Å²) >= 11 is 0. The average Bonchev–Trinajstić information content (AvgIpc) is 3.04. The molecule has 1 amide bonds. The minimum atomic E-state index is 0.333. The molecule has 0 atom stereocenters. The van der Waals surface area contributed by atoms with E-state index in [0.717, 1.165) is 44.0 Å². The first-order valence-corrected chi connectivity index (χ1v) is 9.04. The van der Waals surface area contributed by atoms with Crippen LogP contribution in [0.4, 0.5) is 0 Å². The van der Waals surface area contributed by atoms with Crippen LogP contribution in [0.2, 0.25) is 0 Å². The quantitative estimate of drug-likeness (QED) is 0.906. The smallest absolute Gasteiger partial charge is 0.222 e. The second-order valence-corrected chi connectivity index (χ2v) is 7.84. The lowest BCUT2D eigenvalue weighted by Gasteiger charge is -2.47. The number of likely N-dealkylation sites (tertiary alicyclic amines) is 2. The van der Waals surface area contributed by atoms with E-state index >= 15 is 0 Å². The third kappa shape index (κ3) is 4.14. The Labute approximate surface area is 139 Å².